The van der Waals surface area contributed by atoms with Crippen molar-refractivity contribution >= 4 is 162 Å². The predicted molar refractivity (Wildman–Crippen MR) is 359 cm³/mol. The van der Waals surface area contributed by atoms with E-state index in [4.69, 9.17) is 20.0 Å². The minimum Gasteiger partial charge on any atom is -0.478 e. The number of carbonyl (C=O) groups is 4. The number of nitrogens with zero attached hydrogens (tertiary/aromatic N) is 4. The van der Waals surface area contributed by atoms with Gasteiger partial charge in [0.15, 0.2) is 0 Å². The van der Waals surface area contributed by atoms with Crippen LogP contribution in [0.1, 0.15) is 85.9 Å². The van der Waals surface area contributed by atoms with Crippen molar-refractivity contribution in [2.75, 3.05) is 0 Å². The zero-order valence-corrected chi connectivity index (χ0v) is 56.3. The fourth-order valence-corrected chi connectivity index (χ4v) is 24.9. The topological polar surface area (TPSA) is 230 Å². The number of fused-ring (bicyclic) bond motifs is 8. The first kappa shape index (κ1) is 62.2. The molecule has 0 aliphatic carbocycles. The monoisotopic (exact) mass is 1610 g/mol. The van der Waals surface area contributed by atoms with E-state index >= 15 is 0 Å². The minimum atomic E-state index is -0.887. The summed E-state index contributed by atoms with van der Waals surface area (Å²) < 4.78 is 3.37. The number of halogens is 4. The summed E-state index contributed by atoms with van der Waals surface area (Å²) in [7, 11) is -1.19. The second-order valence-electron chi connectivity index (χ2n) is 18.8. The van der Waals surface area contributed by atoms with E-state index in [9.17, 15) is 39.6 Å². The molecule has 6 N–H and O–H groups in total. The molecule has 8 aromatic rings. The fraction of sp³-hybridized carbons (Fsp3) is 0.133. The first-order valence-corrected chi connectivity index (χ1v) is 39.4. The van der Waals surface area contributed by atoms with Crippen molar-refractivity contribution in [3.05, 3.63) is 228 Å². The molecule has 4 aliphatic rings. The molecule has 8 aromatic carbocycles. The molecule has 4 unspecified atom stereocenters. The molecule has 0 spiro atoms. The lowest BCUT2D eigenvalue weighted by Crippen LogP contribution is -2.15. The Bertz CT molecular complexity index is 4090. The van der Waals surface area contributed by atoms with Gasteiger partial charge in [-0.15, -0.1) is 0 Å². The Kier molecular flexibility index (Phi) is 19.6. The van der Waals surface area contributed by atoms with Crippen LogP contribution in [-0.4, -0.2) is 49.8 Å². The van der Waals surface area contributed by atoms with Gasteiger partial charge in [0.05, 0.1) is 84.5 Å². The molecule has 0 saturated carbocycles. The fourth-order valence-electron chi connectivity index (χ4n) is 9.20. The Labute approximate surface area is 523 Å². The highest BCUT2D eigenvalue weighted by atomic mass is 127. The third-order valence-electron chi connectivity index (χ3n) is 13.4. The van der Waals surface area contributed by atoms with Gasteiger partial charge in [0.1, 0.15) is 0 Å². The smallest absolute Gasteiger partial charge is 0.336 e. The Morgan fingerprint density at radius 1 is 0.309 bits per heavy atom. The van der Waals surface area contributed by atoms with Gasteiger partial charge in [-0.3, -0.25) is 0 Å². The average molecular weight is 1610 g/mol. The van der Waals surface area contributed by atoms with Crippen LogP contribution in [0.5, 0.6) is 0 Å². The quantitative estimate of drug-likeness (QED) is 0.0976. The number of rotatable bonds is 4. The van der Waals surface area contributed by atoms with Crippen molar-refractivity contribution in [3.8, 4) is 0 Å². The van der Waals surface area contributed by atoms with Gasteiger partial charge >= 0.3 is 23.9 Å². The molecule has 4 aliphatic heterocycles. The van der Waals surface area contributed by atoms with Crippen molar-refractivity contribution < 1.29 is 45.1 Å². The highest BCUT2D eigenvalue weighted by Crippen LogP contribution is 2.49. The molecular weight excluding hydrogens is 1560 g/mol. The lowest BCUT2D eigenvalue weighted by molar-refractivity contribution is 0.0685. The first-order valence-electron chi connectivity index (χ1n) is 24.4. The summed E-state index contributed by atoms with van der Waals surface area (Å²) in [4.78, 5) is 69.3. The number of hydrogen-bond donors (Lipinski definition) is 4. The maximum Gasteiger partial charge on any atom is 0.336 e. The lowest BCUT2D eigenvalue weighted by atomic mass is 10.1. The molecule has 416 valence electrons. The van der Waals surface area contributed by atoms with Crippen LogP contribution >= 0.6 is 115 Å². The van der Waals surface area contributed by atoms with E-state index in [1.54, 1.807) is 24.3 Å². The van der Waals surface area contributed by atoms with Gasteiger partial charge in [-0.2, -0.15) is 0 Å². The summed E-state index contributed by atoms with van der Waals surface area (Å²) in [6.07, 6.45) is 0. The predicted octanol–water partition coefficient (Wildman–Crippen LogP) is 16.0. The van der Waals surface area contributed by atoms with Crippen LogP contribution in [0.4, 0.5) is 22.7 Å². The second kappa shape index (κ2) is 25.5. The second-order valence-corrected chi connectivity index (χ2v) is 34.8. The van der Waals surface area contributed by atoms with E-state index in [0.717, 1.165) is 126 Å². The highest BCUT2D eigenvalue weighted by Gasteiger charge is 2.23. The normalized spacial score (nSPS) is 15.9. The molecule has 4 atom stereocenters. The first-order chi connectivity index (χ1) is 38.0. The van der Waals surface area contributed by atoms with Crippen LogP contribution in [0.2, 0.25) is 0 Å². The van der Waals surface area contributed by atoms with Crippen LogP contribution in [0.25, 0.3) is 0 Å². The summed E-state index contributed by atoms with van der Waals surface area (Å²) in [5.41, 5.74) is 14.0. The molecule has 0 fully saturated rings. The van der Waals surface area contributed by atoms with Gasteiger partial charge in [-0.1, -0.05) is 103 Å². The van der Waals surface area contributed by atoms with E-state index in [2.05, 4.69) is 84.8 Å². The van der Waals surface area contributed by atoms with E-state index < -0.39 is 23.9 Å². The molecule has 4 heterocycles. The summed E-state index contributed by atoms with van der Waals surface area (Å²) in [5.74, 6) is -3.55. The molecule has 21 heteroatoms. The van der Waals surface area contributed by atoms with Gasteiger partial charge < -0.3 is 25.9 Å². The number of aryl methyl sites for hydroxylation is 8. The minimum absolute atomic E-state index is 0. The molecule has 13 nitrogen and oxygen atoms in total. The van der Waals surface area contributed by atoms with Crippen molar-refractivity contribution in [2.45, 2.75) is 75.0 Å². The largest absolute Gasteiger partial charge is 0.478 e. The summed E-state index contributed by atoms with van der Waals surface area (Å²) in [5, 5.41) is 40.9. The van der Waals surface area contributed by atoms with Gasteiger partial charge in [-0.05, 0) is 233 Å². The molecule has 0 aromatic heterocycles. The van der Waals surface area contributed by atoms with E-state index in [1.807, 2.05) is 152 Å². The number of hydrogen-bond acceptors (Lipinski definition) is 8. The van der Waals surface area contributed by atoms with Crippen molar-refractivity contribution in [3.63, 3.8) is 0 Å². The maximum absolute atomic E-state index is 11.5. The Hall–Kier alpha value is -4.88. The number of carboxylic acid groups (broad SMARTS) is 4. The van der Waals surface area contributed by atoms with Crippen LogP contribution in [0, 0.1) is 73.4 Å². The van der Waals surface area contributed by atoms with E-state index in [1.165, 1.54) is 0 Å². The summed E-state index contributed by atoms with van der Waals surface area (Å²) >= 11 is 9.35. The Morgan fingerprint density at radius 3 is 0.667 bits per heavy atom. The molecular formula is C60H50I4N4O9S4. The highest BCUT2D eigenvalue weighted by molar-refractivity contribution is 14.2. The van der Waals surface area contributed by atoms with Crippen LogP contribution in [0.3, 0.4) is 0 Å². The number of carboxylic acids is 4. The number of para-hydroxylation sites is 4. The molecule has 81 heavy (non-hydrogen) atoms. The zero-order chi connectivity index (χ0) is 57.8. The molecule has 0 amide bonds. The third kappa shape index (κ3) is 12.0. The lowest BCUT2D eigenvalue weighted by Gasteiger charge is -2.15. The average Bonchev–Trinajstić information content (AvgIpc) is 3.41. The third-order valence-corrected chi connectivity index (χ3v) is 30.4. The Balaban J connectivity index is 0.000000141. The standard InChI is InChI=1S/4C15H12INO2S.H2O/c4*1-8-4-3-5-11-12(8)17-13-9(2)6-7-10(15(18)19)14(13)20(11)16;/h4*3-7H,1-2H3,(H,18,19);1H2. The van der Waals surface area contributed by atoms with Crippen LogP contribution in [0.15, 0.2) is 161 Å². The molecule has 0 radical (unpaired) electrons. The Morgan fingerprint density at radius 2 is 0.494 bits per heavy atom. The van der Waals surface area contributed by atoms with Crippen LogP contribution < -0.4 is 21.4 Å². The van der Waals surface area contributed by atoms with Crippen molar-refractivity contribution in [2.24, 2.45) is 20.0 Å². The number of benzene rings is 8. The maximum atomic E-state index is 11.5. The van der Waals surface area contributed by atoms with Gasteiger partial charge in [-0.25, -0.2) is 39.1 Å². The molecule has 12 rings (SSSR count). The van der Waals surface area contributed by atoms with Crippen molar-refractivity contribution in [1.29, 1.82) is 0 Å². The molecule has 0 saturated heterocycles. The number of aromatic carboxylic acids is 4. The van der Waals surface area contributed by atoms with E-state index in [0.29, 0.717) is 22.3 Å². The zero-order valence-electron chi connectivity index (χ0n) is 44.4. The SMILES string of the molecule is Cc1cccc2c1N=c1c(C)ccc(C(=O)O)c1=S2I.Cc1cccc2c1N=c1c(C)ccc(C(=O)O)c1=S2I.Cc1cccc2c1N=c1c(C)ccc(C(=O)O)c1=S2I.Cc1cccc2c1N=c1c(C)ccc(C(=O)O)c1=S2I.O. The van der Waals surface area contributed by atoms with Gasteiger partial charge in [0.25, 0.3) is 0 Å². The van der Waals surface area contributed by atoms with Crippen LogP contribution in [-0.2, 0) is 0 Å². The summed E-state index contributed by atoms with van der Waals surface area (Å²) in [6.45, 7) is 16.1. The van der Waals surface area contributed by atoms with Gasteiger partial charge in [0.2, 0.25) is 0 Å². The molecule has 0 bridgehead atoms. The summed E-state index contributed by atoms with van der Waals surface area (Å²) in [6, 6.07) is 38.4. The van der Waals surface area contributed by atoms with E-state index in [-0.39, 0.29) is 36.1 Å². The van der Waals surface area contributed by atoms with Gasteiger partial charge in [0, 0.05) is 19.6 Å². The van der Waals surface area contributed by atoms with Crippen molar-refractivity contribution in [1.82, 2.24) is 0 Å².